The van der Waals surface area contributed by atoms with E-state index >= 15 is 0 Å². The first-order valence-corrected chi connectivity index (χ1v) is 8.97. The molecule has 1 saturated heterocycles. The van der Waals surface area contributed by atoms with E-state index in [-0.39, 0.29) is 11.7 Å². The molecule has 4 nitrogen and oxygen atoms in total. The number of likely N-dealkylation sites (tertiary alicyclic amines) is 1. The molecule has 0 spiro atoms. The summed E-state index contributed by atoms with van der Waals surface area (Å²) in [6.45, 7) is 2.85. The molecule has 1 aromatic carbocycles. The summed E-state index contributed by atoms with van der Waals surface area (Å²) in [5.74, 6) is -0.328. The highest BCUT2D eigenvalue weighted by Gasteiger charge is 2.33. The number of thiophene rings is 1. The Morgan fingerprint density at radius 2 is 1.96 bits per heavy atom. The van der Waals surface area contributed by atoms with Gasteiger partial charge in [0.25, 0.3) is 5.91 Å². The maximum Gasteiger partial charge on any atom is 0.261 e. The second-order valence-corrected chi connectivity index (χ2v) is 7.06. The number of nitrogens with zero attached hydrogens (tertiary/aromatic N) is 1. The Kier molecular flexibility index (Phi) is 5.28. The van der Waals surface area contributed by atoms with E-state index in [4.69, 9.17) is 0 Å². The van der Waals surface area contributed by atoms with Gasteiger partial charge in [0.15, 0.2) is 0 Å². The number of amides is 1. The van der Waals surface area contributed by atoms with Gasteiger partial charge in [-0.3, -0.25) is 4.79 Å². The minimum Gasteiger partial charge on any atom is -0.385 e. The number of rotatable bonds is 5. The molecule has 128 valence electrons. The van der Waals surface area contributed by atoms with E-state index < -0.39 is 5.60 Å². The van der Waals surface area contributed by atoms with Crippen LogP contribution in [0.5, 0.6) is 0 Å². The summed E-state index contributed by atoms with van der Waals surface area (Å²) >= 11 is 1.43. The van der Waals surface area contributed by atoms with Crippen molar-refractivity contribution in [3.63, 3.8) is 0 Å². The van der Waals surface area contributed by atoms with Crippen LogP contribution in [0.15, 0.2) is 41.8 Å². The van der Waals surface area contributed by atoms with Gasteiger partial charge in [-0.1, -0.05) is 18.2 Å². The van der Waals surface area contributed by atoms with Gasteiger partial charge >= 0.3 is 0 Å². The van der Waals surface area contributed by atoms with Crippen molar-refractivity contribution in [1.29, 1.82) is 0 Å². The molecule has 24 heavy (non-hydrogen) atoms. The summed E-state index contributed by atoms with van der Waals surface area (Å²) in [4.78, 5) is 14.8. The molecule has 1 aromatic heterocycles. The van der Waals surface area contributed by atoms with Crippen molar-refractivity contribution < 1.29 is 14.3 Å². The monoisotopic (exact) mass is 348 g/mol. The minimum atomic E-state index is -0.885. The zero-order chi connectivity index (χ0) is 17.0. The third-order valence-corrected chi connectivity index (χ3v) is 5.39. The summed E-state index contributed by atoms with van der Waals surface area (Å²) in [6.07, 6.45) is 1.22. The molecule has 0 aliphatic carbocycles. The van der Waals surface area contributed by atoms with Crippen molar-refractivity contribution in [3.8, 4) is 0 Å². The SMILES string of the molecule is O=C(NCCN1CCC(O)(c2ccc(F)cc2)CC1)c1cccs1. The number of benzene rings is 1. The second-order valence-electron chi connectivity index (χ2n) is 6.11. The van der Waals surface area contributed by atoms with Crippen molar-refractivity contribution in [2.45, 2.75) is 18.4 Å². The van der Waals surface area contributed by atoms with E-state index in [0.717, 1.165) is 30.1 Å². The summed E-state index contributed by atoms with van der Waals surface area (Å²) in [7, 11) is 0. The van der Waals surface area contributed by atoms with E-state index in [1.54, 1.807) is 12.1 Å². The fourth-order valence-corrected chi connectivity index (χ4v) is 3.66. The first-order chi connectivity index (χ1) is 11.6. The van der Waals surface area contributed by atoms with Crippen LogP contribution < -0.4 is 5.32 Å². The number of aliphatic hydroxyl groups is 1. The van der Waals surface area contributed by atoms with E-state index in [1.165, 1.54) is 23.5 Å². The van der Waals surface area contributed by atoms with Crippen LogP contribution in [-0.2, 0) is 5.60 Å². The van der Waals surface area contributed by atoms with Gasteiger partial charge in [-0.15, -0.1) is 11.3 Å². The lowest BCUT2D eigenvalue weighted by atomic mass is 9.84. The Hall–Kier alpha value is -1.76. The minimum absolute atomic E-state index is 0.0372. The number of hydrogen-bond donors (Lipinski definition) is 2. The van der Waals surface area contributed by atoms with Crippen molar-refractivity contribution in [2.24, 2.45) is 0 Å². The maximum absolute atomic E-state index is 13.0. The summed E-state index contributed by atoms with van der Waals surface area (Å²) in [6, 6.07) is 9.77. The van der Waals surface area contributed by atoms with Gasteiger partial charge in [0.2, 0.25) is 0 Å². The lowest BCUT2D eigenvalue weighted by Gasteiger charge is -2.38. The second kappa shape index (κ2) is 7.42. The number of nitrogens with one attached hydrogen (secondary N) is 1. The molecule has 2 N–H and O–H groups in total. The Balaban J connectivity index is 1.45. The molecule has 1 aliphatic rings. The van der Waals surface area contributed by atoms with Crippen LogP contribution in [0.1, 0.15) is 28.1 Å². The number of hydrogen-bond acceptors (Lipinski definition) is 4. The van der Waals surface area contributed by atoms with Crippen LogP contribution in [0.2, 0.25) is 0 Å². The molecular weight excluding hydrogens is 327 g/mol. The van der Waals surface area contributed by atoms with E-state index in [2.05, 4.69) is 10.2 Å². The van der Waals surface area contributed by atoms with Crippen molar-refractivity contribution >= 4 is 17.2 Å². The molecule has 0 saturated carbocycles. The quantitative estimate of drug-likeness (QED) is 0.873. The summed E-state index contributed by atoms with van der Waals surface area (Å²) in [5, 5.41) is 15.6. The van der Waals surface area contributed by atoms with E-state index in [0.29, 0.717) is 19.4 Å². The van der Waals surface area contributed by atoms with Crippen LogP contribution in [0.3, 0.4) is 0 Å². The highest BCUT2D eigenvalue weighted by atomic mass is 32.1. The van der Waals surface area contributed by atoms with Crippen molar-refractivity contribution in [3.05, 3.63) is 58.0 Å². The average Bonchev–Trinajstić information content (AvgIpc) is 3.12. The maximum atomic E-state index is 13.0. The average molecular weight is 348 g/mol. The van der Waals surface area contributed by atoms with Gasteiger partial charge in [0, 0.05) is 26.2 Å². The Morgan fingerprint density at radius 1 is 1.25 bits per heavy atom. The van der Waals surface area contributed by atoms with Gasteiger partial charge in [0.1, 0.15) is 5.82 Å². The molecule has 1 amide bonds. The highest BCUT2D eigenvalue weighted by molar-refractivity contribution is 7.12. The normalized spacial score (nSPS) is 17.6. The number of halogens is 1. The number of carbonyl (C=O) groups is 1. The lowest BCUT2D eigenvalue weighted by molar-refractivity contribution is -0.0255. The van der Waals surface area contributed by atoms with Crippen LogP contribution in [-0.4, -0.2) is 42.1 Å². The fourth-order valence-electron chi connectivity index (χ4n) is 3.02. The van der Waals surface area contributed by atoms with Gasteiger partial charge in [-0.25, -0.2) is 4.39 Å². The van der Waals surface area contributed by atoms with Gasteiger partial charge in [0.05, 0.1) is 10.5 Å². The molecule has 0 bridgehead atoms. The Morgan fingerprint density at radius 3 is 2.58 bits per heavy atom. The molecule has 1 aliphatic heterocycles. The largest absolute Gasteiger partial charge is 0.385 e. The molecule has 0 radical (unpaired) electrons. The number of piperidine rings is 1. The molecule has 0 unspecified atom stereocenters. The predicted molar refractivity (Wildman–Crippen MR) is 92.6 cm³/mol. The van der Waals surface area contributed by atoms with E-state index in [1.807, 2.05) is 17.5 Å². The van der Waals surface area contributed by atoms with Crippen LogP contribution >= 0.6 is 11.3 Å². The molecule has 2 aromatic rings. The van der Waals surface area contributed by atoms with Crippen LogP contribution in [0.25, 0.3) is 0 Å². The highest BCUT2D eigenvalue weighted by Crippen LogP contribution is 2.32. The Bertz CT molecular complexity index is 665. The molecule has 2 heterocycles. The zero-order valence-electron chi connectivity index (χ0n) is 13.4. The van der Waals surface area contributed by atoms with Gasteiger partial charge < -0.3 is 15.3 Å². The molecule has 0 atom stereocenters. The Labute approximate surface area is 144 Å². The summed E-state index contributed by atoms with van der Waals surface area (Å²) in [5.41, 5.74) is -0.112. The third kappa shape index (κ3) is 4.01. The smallest absolute Gasteiger partial charge is 0.261 e. The number of carbonyl (C=O) groups excluding carboxylic acids is 1. The van der Waals surface area contributed by atoms with Crippen LogP contribution in [0.4, 0.5) is 4.39 Å². The molecule has 1 fully saturated rings. The lowest BCUT2D eigenvalue weighted by Crippen LogP contribution is -2.45. The predicted octanol–water partition coefficient (Wildman–Crippen LogP) is 2.60. The standard InChI is InChI=1S/C18H21FN2O2S/c19-15-5-3-14(4-6-15)18(23)7-10-21(11-8-18)12-9-20-17(22)16-2-1-13-24-16/h1-6,13,23H,7-12H2,(H,20,22). The van der Waals surface area contributed by atoms with Crippen molar-refractivity contribution in [1.82, 2.24) is 10.2 Å². The molecule has 3 rings (SSSR count). The third-order valence-electron chi connectivity index (χ3n) is 4.52. The van der Waals surface area contributed by atoms with Crippen molar-refractivity contribution in [2.75, 3.05) is 26.2 Å². The zero-order valence-corrected chi connectivity index (χ0v) is 14.2. The van der Waals surface area contributed by atoms with E-state index in [9.17, 15) is 14.3 Å². The molecular formula is C18H21FN2O2S. The van der Waals surface area contributed by atoms with Gasteiger partial charge in [-0.05, 0) is 42.0 Å². The first kappa shape index (κ1) is 17.1. The fraction of sp³-hybridized carbons (Fsp3) is 0.389. The molecule has 6 heteroatoms. The first-order valence-electron chi connectivity index (χ1n) is 8.09. The topological polar surface area (TPSA) is 52.6 Å². The van der Waals surface area contributed by atoms with Gasteiger partial charge in [-0.2, -0.15) is 0 Å². The van der Waals surface area contributed by atoms with Crippen LogP contribution in [0, 0.1) is 5.82 Å². The summed E-state index contributed by atoms with van der Waals surface area (Å²) < 4.78 is 13.0.